The Morgan fingerprint density at radius 1 is 1.17 bits per heavy atom. The summed E-state index contributed by atoms with van der Waals surface area (Å²) in [5.41, 5.74) is 3.97. The van der Waals surface area contributed by atoms with E-state index in [1.807, 2.05) is 30.6 Å². The van der Waals surface area contributed by atoms with Crippen molar-refractivity contribution in [1.29, 1.82) is 0 Å². The van der Waals surface area contributed by atoms with Gasteiger partial charge in [-0.05, 0) is 24.3 Å². The topological polar surface area (TPSA) is 44.8 Å². The molecule has 0 atom stereocenters. The van der Waals surface area contributed by atoms with Gasteiger partial charge in [0.1, 0.15) is 5.82 Å². The number of halogens is 1. The standard InChI is InChI=1S/C18H17FN4/c19-16-5-3-4-13(8-16)18-14(9-21-22-18)10-23-11-15(12-23)17-6-1-2-7-20-17/h1-9,15H,10-12H2,(H,21,22). The molecule has 0 aliphatic carbocycles. The Bertz CT molecular complexity index is 794. The van der Waals surface area contributed by atoms with Gasteiger partial charge < -0.3 is 0 Å². The highest BCUT2D eigenvalue weighted by atomic mass is 19.1. The lowest BCUT2D eigenvalue weighted by Crippen LogP contribution is -2.44. The molecule has 5 heteroatoms. The van der Waals surface area contributed by atoms with Gasteiger partial charge in [0, 0.05) is 48.6 Å². The molecule has 0 spiro atoms. The monoisotopic (exact) mass is 308 g/mol. The molecular weight excluding hydrogens is 291 g/mol. The van der Waals surface area contributed by atoms with Gasteiger partial charge >= 0.3 is 0 Å². The smallest absolute Gasteiger partial charge is 0.123 e. The molecule has 1 aromatic carbocycles. The number of benzene rings is 1. The van der Waals surface area contributed by atoms with Crippen molar-refractivity contribution in [2.45, 2.75) is 12.5 Å². The number of aromatic nitrogens is 3. The van der Waals surface area contributed by atoms with Crippen LogP contribution in [0.15, 0.2) is 54.9 Å². The molecule has 3 aromatic rings. The van der Waals surface area contributed by atoms with E-state index in [0.717, 1.165) is 42.1 Å². The largest absolute Gasteiger partial charge is 0.298 e. The first-order chi connectivity index (χ1) is 11.3. The maximum absolute atomic E-state index is 13.4. The average molecular weight is 308 g/mol. The third-order valence-electron chi connectivity index (χ3n) is 4.29. The third kappa shape index (κ3) is 2.87. The van der Waals surface area contributed by atoms with Gasteiger partial charge in [0.25, 0.3) is 0 Å². The second-order valence-electron chi connectivity index (χ2n) is 5.93. The lowest BCUT2D eigenvalue weighted by Gasteiger charge is -2.38. The first-order valence-corrected chi connectivity index (χ1v) is 7.71. The van der Waals surface area contributed by atoms with E-state index in [-0.39, 0.29) is 5.82 Å². The number of nitrogens with zero attached hydrogens (tertiary/aromatic N) is 3. The van der Waals surface area contributed by atoms with Crippen LogP contribution in [0.3, 0.4) is 0 Å². The summed E-state index contributed by atoms with van der Waals surface area (Å²) < 4.78 is 13.4. The van der Waals surface area contributed by atoms with Gasteiger partial charge in [0.15, 0.2) is 0 Å². The van der Waals surface area contributed by atoms with Crippen molar-refractivity contribution < 1.29 is 4.39 Å². The SMILES string of the molecule is Fc1cccc(-c2[nH]ncc2CN2CC(c3ccccn3)C2)c1. The quantitative estimate of drug-likeness (QED) is 0.805. The van der Waals surface area contributed by atoms with Gasteiger partial charge in [-0.25, -0.2) is 4.39 Å². The van der Waals surface area contributed by atoms with E-state index in [4.69, 9.17) is 0 Å². The molecule has 0 saturated carbocycles. The first-order valence-electron chi connectivity index (χ1n) is 7.71. The van der Waals surface area contributed by atoms with Crippen LogP contribution in [-0.4, -0.2) is 33.2 Å². The number of likely N-dealkylation sites (tertiary alicyclic amines) is 1. The summed E-state index contributed by atoms with van der Waals surface area (Å²) >= 11 is 0. The van der Waals surface area contributed by atoms with Gasteiger partial charge in [0.2, 0.25) is 0 Å². The van der Waals surface area contributed by atoms with Crippen LogP contribution in [0.25, 0.3) is 11.3 Å². The summed E-state index contributed by atoms with van der Waals surface area (Å²) in [5.74, 6) is 0.267. The van der Waals surface area contributed by atoms with Crippen molar-refractivity contribution in [1.82, 2.24) is 20.1 Å². The van der Waals surface area contributed by atoms with E-state index in [1.54, 1.807) is 6.07 Å². The lowest BCUT2D eigenvalue weighted by atomic mass is 9.95. The predicted molar refractivity (Wildman–Crippen MR) is 86.2 cm³/mol. The van der Waals surface area contributed by atoms with Crippen molar-refractivity contribution in [2.75, 3.05) is 13.1 Å². The van der Waals surface area contributed by atoms with Gasteiger partial charge in [-0.2, -0.15) is 5.10 Å². The van der Waals surface area contributed by atoms with Crippen LogP contribution in [0.5, 0.6) is 0 Å². The van der Waals surface area contributed by atoms with Crippen LogP contribution in [-0.2, 0) is 6.54 Å². The fourth-order valence-electron chi connectivity index (χ4n) is 3.07. The number of hydrogen-bond acceptors (Lipinski definition) is 3. The summed E-state index contributed by atoms with van der Waals surface area (Å²) in [6.45, 7) is 2.79. The molecule has 4 rings (SSSR count). The molecule has 1 saturated heterocycles. The van der Waals surface area contributed by atoms with Crippen LogP contribution in [0.4, 0.5) is 4.39 Å². The summed E-state index contributed by atoms with van der Waals surface area (Å²) in [6.07, 6.45) is 3.67. The minimum atomic E-state index is -0.234. The molecule has 1 N–H and O–H groups in total. The van der Waals surface area contributed by atoms with Crippen molar-refractivity contribution >= 4 is 0 Å². The molecular formula is C18H17FN4. The molecule has 116 valence electrons. The molecule has 0 radical (unpaired) electrons. The second-order valence-corrected chi connectivity index (χ2v) is 5.93. The Hall–Kier alpha value is -2.53. The molecule has 1 aliphatic heterocycles. The van der Waals surface area contributed by atoms with E-state index < -0.39 is 0 Å². The molecule has 0 bridgehead atoms. The molecule has 0 amide bonds. The molecule has 3 heterocycles. The second kappa shape index (κ2) is 5.93. The summed E-state index contributed by atoms with van der Waals surface area (Å²) in [4.78, 5) is 6.77. The minimum absolute atomic E-state index is 0.234. The summed E-state index contributed by atoms with van der Waals surface area (Å²) in [5, 5.41) is 7.12. The van der Waals surface area contributed by atoms with E-state index in [2.05, 4.69) is 26.1 Å². The number of nitrogens with one attached hydrogen (secondary N) is 1. The zero-order valence-corrected chi connectivity index (χ0v) is 12.6. The van der Waals surface area contributed by atoms with Crippen LogP contribution < -0.4 is 0 Å². The van der Waals surface area contributed by atoms with Gasteiger partial charge in [-0.15, -0.1) is 0 Å². The van der Waals surface area contributed by atoms with Crippen molar-refractivity contribution in [3.05, 3.63) is 71.9 Å². The Morgan fingerprint density at radius 2 is 2.09 bits per heavy atom. The first kappa shape index (κ1) is 14.1. The Balaban J connectivity index is 1.45. The highest BCUT2D eigenvalue weighted by molar-refractivity contribution is 5.62. The lowest BCUT2D eigenvalue weighted by molar-refractivity contribution is 0.137. The van der Waals surface area contributed by atoms with Crippen molar-refractivity contribution in [3.8, 4) is 11.3 Å². The van der Waals surface area contributed by atoms with Gasteiger partial charge in [-0.3, -0.25) is 15.0 Å². The normalized spacial score (nSPS) is 15.5. The molecule has 1 fully saturated rings. The van der Waals surface area contributed by atoms with Crippen LogP contribution in [0.2, 0.25) is 0 Å². The number of hydrogen-bond donors (Lipinski definition) is 1. The number of H-pyrrole nitrogens is 1. The molecule has 4 nitrogen and oxygen atoms in total. The molecule has 1 aliphatic rings. The van der Waals surface area contributed by atoms with E-state index in [9.17, 15) is 4.39 Å². The number of aromatic amines is 1. The number of rotatable bonds is 4. The third-order valence-corrected chi connectivity index (χ3v) is 4.29. The zero-order valence-electron chi connectivity index (χ0n) is 12.6. The van der Waals surface area contributed by atoms with Crippen molar-refractivity contribution in [3.63, 3.8) is 0 Å². The maximum atomic E-state index is 13.4. The fraction of sp³-hybridized carbons (Fsp3) is 0.222. The Labute approximate surface area is 134 Å². The predicted octanol–water partition coefficient (Wildman–Crippen LogP) is 3.21. The summed E-state index contributed by atoms with van der Waals surface area (Å²) in [7, 11) is 0. The Morgan fingerprint density at radius 3 is 2.87 bits per heavy atom. The van der Waals surface area contributed by atoms with Crippen molar-refractivity contribution in [2.24, 2.45) is 0 Å². The highest BCUT2D eigenvalue weighted by Crippen LogP contribution is 2.29. The molecule has 2 aromatic heterocycles. The molecule has 0 unspecified atom stereocenters. The summed E-state index contributed by atoms with van der Waals surface area (Å²) in [6, 6.07) is 12.6. The van der Waals surface area contributed by atoms with Crippen LogP contribution >= 0.6 is 0 Å². The van der Waals surface area contributed by atoms with E-state index in [0.29, 0.717) is 5.92 Å². The minimum Gasteiger partial charge on any atom is -0.298 e. The maximum Gasteiger partial charge on any atom is 0.123 e. The van der Waals surface area contributed by atoms with Gasteiger partial charge in [-0.1, -0.05) is 18.2 Å². The van der Waals surface area contributed by atoms with E-state index >= 15 is 0 Å². The van der Waals surface area contributed by atoms with E-state index in [1.165, 1.54) is 12.1 Å². The fourth-order valence-corrected chi connectivity index (χ4v) is 3.07. The van der Waals surface area contributed by atoms with Crippen LogP contribution in [0.1, 0.15) is 17.2 Å². The van der Waals surface area contributed by atoms with Crippen LogP contribution in [0, 0.1) is 5.82 Å². The number of pyridine rings is 1. The highest BCUT2D eigenvalue weighted by Gasteiger charge is 2.29. The average Bonchev–Trinajstić information content (AvgIpc) is 2.99. The molecule has 23 heavy (non-hydrogen) atoms. The zero-order chi connectivity index (χ0) is 15.6. The van der Waals surface area contributed by atoms with Gasteiger partial charge in [0.05, 0.1) is 11.9 Å². The Kier molecular flexibility index (Phi) is 3.63.